The van der Waals surface area contributed by atoms with Crippen LogP contribution in [0.25, 0.3) is 0 Å². The number of rotatable bonds is 5. The van der Waals surface area contributed by atoms with Crippen molar-refractivity contribution in [3.8, 4) is 0 Å². The minimum Gasteiger partial charge on any atom is -0.361 e. The first-order valence-electron chi connectivity index (χ1n) is 6.40. The molecule has 1 heterocycles. The molecular weight excluding hydrogens is 244 g/mol. The van der Waals surface area contributed by atoms with E-state index < -0.39 is 0 Å². The van der Waals surface area contributed by atoms with Gasteiger partial charge in [0.15, 0.2) is 0 Å². The lowest BCUT2D eigenvalue weighted by atomic mass is 10.2. The van der Waals surface area contributed by atoms with Gasteiger partial charge in [-0.3, -0.25) is 0 Å². The highest BCUT2D eigenvalue weighted by atomic mass is 16.5. The second-order valence-corrected chi connectivity index (χ2v) is 5.16. The van der Waals surface area contributed by atoms with E-state index in [-0.39, 0.29) is 6.03 Å². The van der Waals surface area contributed by atoms with Crippen LogP contribution in [0.3, 0.4) is 0 Å². The molecule has 1 aromatic heterocycles. The Morgan fingerprint density at radius 1 is 1.37 bits per heavy atom. The molecule has 0 aliphatic rings. The van der Waals surface area contributed by atoms with E-state index in [1.807, 2.05) is 27.9 Å². The quantitative estimate of drug-likeness (QED) is 0.876. The second-order valence-electron chi connectivity index (χ2n) is 5.16. The van der Waals surface area contributed by atoms with Gasteiger partial charge >= 0.3 is 6.03 Å². The maximum Gasteiger partial charge on any atom is 0.317 e. The number of nitrogens with zero attached hydrogens (tertiary/aromatic N) is 3. The standard InChI is InChI=1S/C13H24N4O2/c1-9(16(4)5)7-14-13(18)17(6)8-12-10(2)15-19-11(12)3/h9H,7-8H2,1-6H3,(H,14,18). The van der Waals surface area contributed by atoms with E-state index in [4.69, 9.17) is 4.52 Å². The van der Waals surface area contributed by atoms with Crippen LogP contribution in [0.15, 0.2) is 4.52 Å². The molecule has 0 aliphatic carbocycles. The molecule has 1 N–H and O–H groups in total. The predicted molar refractivity (Wildman–Crippen MR) is 74.0 cm³/mol. The molecule has 1 unspecified atom stereocenters. The molecule has 0 radical (unpaired) electrons. The molecule has 0 aliphatic heterocycles. The molecule has 0 aromatic carbocycles. The first kappa shape index (κ1) is 15.5. The van der Waals surface area contributed by atoms with E-state index in [1.54, 1.807) is 11.9 Å². The first-order chi connectivity index (χ1) is 8.82. The van der Waals surface area contributed by atoms with Gasteiger partial charge < -0.3 is 19.6 Å². The number of hydrogen-bond acceptors (Lipinski definition) is 4. The number of hydrogen-bond donors (Lipinski definition) is 1. The zero-order chi connectivity index (χ0) is 14.6. The minimum atomic E-state index is -0.0892. The van der Waals surface area contributed by atoms with Crippen molar-refractivity contribution in [2.75, 3.05) is 27.7 Å². The normalized spacial score (nSPS) is 12.6. The Hall–Kier alpha value is -1.56. The van der Waals surface area contributed by atoms with E-state index in [9.17, 15) is 4.79 Å². The summed E-state index contributed by atoms with van der Waals surface area (Å²) in [6.07, 6.45) is 0. The molecule has 0 saturated heterocycles. The smallest absolute Gasteiger partial charge is 0.317 e. The molecule has 0 fully saturated rings. The van der Waals surface area contributed by atoms with Crippen molar-refractivity contribution in [2.24, 2.45) is 0 Å². The molecule has 1 atom stereocenters. The monoisotopic (exact) mass is 268 g/mol. The average Bonchev–Trinajstić information content (AvgIpc) is 2.66. The molecule has 0 spiro atoms. The Bertz CT molecular complexity index is 409. The number of aryl methyl sites for hydroxylation is 2. The fourth-order valence-electron chi connectivity index (χ4n) is 1.59. The van der Waals surface area contributed by atoms with Crippen molar-refractivity contribution in [2.45, 2.75) is 33.4 Å². The van der Waals surface area contributed by atoms with Crippen LogP contribution in [-0.4, -0.2) is 54.7 Å². The Kier molecular flexibility index (Phi) is 5.35. The molecule has 1 rings (SSSR count). The van der Waals surface area contributed by atoms with Crippen molar-refractivity contribution in [3.05, 3.63) is 17.0 Å². The maximum atomic E-state index is 12.0. The van der Waals surface area contributed by atoms with Gasteiger partial charge in [-0.15, -0.1) is 0 Å². The fourth-order valence-corrected chi connectivity index (χ4v) is 1.59. The number of aromatic nitrogens is 1. The van der Waals surface area contributed by atoms with E-state index in [0.29, 0.717) is 19.1 Å². The van der Waals surface area contributed by atoms with Crippen LogP contribution < -0.4 is 5.32 Å². The zero-order valence-corrected chi connectivity index (χ0v) is 12.6. The van der Waals surface area contributed by atoms with Gasteiger partial charge in [0.1, 0.15) is 5.76 Å². The van der Waals surface area contributed by atoms with Crippen LogP contribution in [0.1, 0.15) is 23.9 Å². The van der Waals surface area contributed by atoms with Crippen molar-refractivity contribution in [1.29, 1.82) is 0 Å². The Balaban J connectivity index is 2.50. The molecular formula is C13H24N4O2. The Morgan fingerprint density at radius 3 is 2.47 bits per heavy atom. The highest BCUT2D eigenvalue weighted by Gasteiger charge is 2.16. The van der Waals surface area contributed by atoms with Gasteiger partial charge in [-0.25, -0.2) is 4.79 Å². The third-order valence-electron chi connectivity index (χ3n) is 3.35. The lowest BCUT2D eigenvalue weighted by Crippen LogP contribution is -2.43. The average molecular weight is 268 g/mol. The van der Waals surface area contributed by atoms with Gasteiger partial charge in [-0.2, -0.15) is 0 Å². The molecule has 19 heavy (non-hydrogen) atoms. The maximum absolute atomic E-state index is 12.0. The summed E-state index contributed by atoms with van der Waals surface area (Å²) >= 11 is 0. The number of nitrogens with one attached hydrogen (secondary N) is 1. The molecule has 2 amide bonds. The van der Waals surface area contributed by atoms with Gasteiger partial charge in [-0.1, -0.05) is 5.16 Å². The van der Waals surface area contributed by atoms with Crippen molar-refractivity contribution in [3.63, 3.8) is 0 Å². The third-order valence-corrected chi connectivity index (χ3v) is 3.35. The van der Waals surface area contributed by atoms with Gasteiger partial charge in [0, 0.05) is 25.2 Å². The summed E-state index contributed by atoms with van der Waals surface area (Å²) in [5, 5.41) is 6.80. The van der Waals surface area contributed by atoms with Crippen LogP contribution in [0, 0.1) is 13.8 Å². The van der Waals surface area contributed by atoms with Crippen LogP contribution >= 0.6 is 0 Å². The van der Waals surface area contributed by atoms with E-state index >= 15 is 0 Å². The summed E-state index contributed by atoms with van der Waals surface area (Å²) in [7, 11) is 5.75. The summed E-state index contributed by atoms with van der Waals surface area (Å²) in [5.74, 6) is 0.763. The molecule has 108 valence electrons. The van der Waals surface area contributed by atoms with Crippen molar-refractivity contribution >= 4 is 6.03 Å². The summed E-state index contributed by atoms with van der Waals surface area (Å²) < 4.78 is 5.09. The Morgan fingerprint density at radius 2 is 2.00 bits per heavy atom. The molecule has 0 saturated carbocycles. The Labute approximate surface area is 114 Å². The molecule has 1 aromatic rings. The molecule has 6 nitrogen and oxygen atoms in total. The highest BCUT2D eigenvalue weighted by Crippen LogP contribution is 2.14. The second kappa shape index (κ2) is 6.56. The number of amides is 2. The lowest BCUT2D eigenvalue weighted by Gasteiger charge is -2.23. The number of likely N-dealkylation sites (N-methyl/N-ethyl adjacent to an activating group) is 1. The van der Waals surface area contributed by atoms with Crippen molar-refractivity contribution in [1.82, 2.24) is 20.3 Å². The lowest BCUT2D eigenvalue weighted by molar-refractivity contribution is 0.201. The highest BCUT2D eigenvalue weighted by molar-refractivity contribution is 5.73. The number of carbonyl (C=O) groups excluding carboxylic acids is 1. The number of urea groups is 1. The van der Waals surface area contributed by atoms with E-state index in [0.717, 1.165) is 17.0 Å². The predicted octanol–water partition coefficient (Wildman–Crippen LogP) is 1.38. The third kappa shape index (κ3) is 4.24. The van der Waals surface area contributed by atoms with E-state index in [2.05, 4.69) is 22.3 Å². The fraction of sp³-hybridized carbons (Fsp3) is 0.692. The van der Waals surface area contributed by atoms with Gasteiger partial charge in [0.25, 0.3) is 0 Å². The van der Waals surface area contributed by atoms with Gasteiger partial charge in [0.05, 0.1) is 12.2 Å². The van der Waals surface area contributed by atoms with Crippen LogP contribution in [0.2, 0.25) is 0 Å². The van der Waals surface area contributed by atoms with Crippen molar-refractivity contribution < 1.29 is 9.32 Å². The zero-order valence-electron chi connectivity index (χ0n) is 12.6. The first-order valence-corrected chi connectivity index (χ1v) is 6.40. The molecule has 6 heteroatoms. The minimum absolute atomic E-state index is 0.0892. The summed E-state index contributed by atoms with van der Waals surface area (Å²) in [6.45, 7) is 6.93. The van der Waals surface area contributed by atoms with Gasteiger partial charge in [0.2, 0.25) is 0 Å². The SMILES string of the molecule is Cc1noc(C)c1CN(C)C(=O)NCC(C)N(C)C. The van der Waals surface area contributed by atoms with E-state index in [1.165, 1.54) is 0 Å². The van der Waals surface area contributed by atoms with Crippen LogP contribution in [-0.2, 0) is 6.54 Å². The topological polar surface area (TPSA) is 61.6 Å². The molecule has 0 bridgehead atoms. The van der Waals surface area contributed by atoms with Gasteiger partial charge in [-0.05, 0) is 34.9 Å². The summed E-state index contributed by atoms with van der Waals surface area (Å²) in [5.41, 5.74) is 1.80. The largest absolute Gasteiger partial charge is 0.361 e. The summed E-state index contributed by atoms with van der Waals surface area (Å²) in [6, 6.07) is 0.213. The number of carbonyl (C=O) groups is 1. The van der Waals surface area contributed by atoms with Crippen LogP contribution in [0.4, 0.5) is 4.79 Å². The van der Waals surface area contributed by atoms with Crippen LogP contribution in [0.5, 0.6) is 0 Å². The summed E-state index contributed by atoms with van der Waals surface area (Å²) in [4.78, 5) is 15.7.